The van der Waals surface area contributed by atoms with Crippen molar-refractivity contribution in [2.24, 2.45) is 5.92 Å². The largest absolute Gasteiger partial charge is 0.380 e. The van der Waals surface area contributed by atoms with Crippen molar-refractivity contribution in [1.29, 1.82) is 0 Å². The van der Waals surface area contributed by atoms with E-state index in [9.17, 15) is 0 Å². The van der Waals surface area contributed by atoms with Gasteiger partial charge in [0.1, 0.15) is 0 Å². The van der Waals surface area contributed by atoms with Crippen LogP contribution in [0.3, 0.4) is 0 Å². The van der Waals surface area contributed by atoms with E-state index < -0.39 is 0 Å². The molecular weight excluding hydrogens is 176 g/mol. The van der Waals surface area contributed by atoms with Crippen molar-refractivity contribution in [3.63, 3.8) is 0 Å². The summed E-state index contributed by atoms with van der Waals surface area (Å²) in [5, 5.41) is 3.43. The molecule has 0 amide bonds. The second kappa shape index (κ2) is 6.38. The summed E-state index contributed by atoms with van der Waals surface area (Å²) in [6.07, 6.45) is 1.27. The fraction of sp³-hybridized carbons (Fsp3) is 1.00. The average Bonchev–Trinajstić information content (AvgIpc) is 2.18. The van der Waals surface area contributed by atoms with E-state index in [0.717, 1.165) is 44.8 Å². The van der Waals surface area contributed by atoms with Gasteiger partial charge in [-0.25, -0.2) is 0 Å². The molecule has 2 unspecified atom stereocenters. The molecule has 1 saturated heterocycles. The van der Waals surface area contributed by atoms with Crippen molar-refractivity contribution in [2.45, 2.75) is 26.3 Å². The summed E-state index contributed by atoms with van der Waals surface area (Å²) in [5.41, 5.74) is 0. The first-order valence-electron chi connectivity index (χ1n) is 5.74. The lowest BCUT2D eigenvalue weighted by Crippen LogP contribution is -2.47. The SMILES string of the molecule is CCOCCN(C)C1CCNCC1C. The van der Waals surface area contributed by atoms with Crippen LogP contribution in [0.25, 0.3) is 0 Å². The Kier molecular flexibility index (Phi) is 5.45. The maximum atomic E-state index is 5.37. The molecule has 1 aliphatic rings. The summed E-state index contributed by atoms with van der Waals surface area (Å²) >= 11 is 0. The molecule has 1 aliphatic heterocycles. The fourth-order valence-corrected chi connectivity index (χ4v) is 2.17. The van der Waals surface area contributed by atoms with Crippen LogP contribution >= 0.6 is 0 Å². The van der Waals surface area contributed by atoms with E-state index in [1.807, 2.05) is 6.92 Å². The van der Waals surface area contributed by atoms with E-state index in [-0.39, 0.29) is 0 Å². The highest BCUT2D eigenvalue weighted by molar-refractivity contribution is 4.81. The van der Waals surface area contributed by atoms with Gasteiger partial charge in [0.25, 0.3) is 0 Å². The minimum atomic E-state index is 0.733. The highest BCUT2D eigenvalue weighted by Crippen LogP contribution is 2.15. The monoisotopic (exact) mass is 200 g/mol. The Hall–Kier alpha value is -0.120. The van der Waals surface area contributed by atoms with Gasteiger partial charge in [-0.1, -0.05) is 6.92 Å². The molecule has 2 atom stereocenters. The fourth-order valence-electron chi connectivity index (χ4n) is 2.17. The summed E-state index contributed by atoms with van der Waals surface area (Å²) in [6.45, 7) is 9.45. The highest BCUT2D eigenvalue weighted by Gasteiger charge is 2.24. The molecule has 0 aromatic rings. The third-order valence-corrected chi connectivity index (χ3v) is 3.10. The molecule has 1 heterocycles. The van der Waals surface area contributed by atoms with E-state index in [4.69, 9.17) is 4.74 Å². The molecule has 84 valence electrons. The van der Waals surface area contributed by atoms with E-state index in [0.29, 0.717) is 0 Å². The Morgan fingerprint density at radius 2 is 2.29 bits per heavy atom. The minimum absolute atomic E-state index is 0.733. The molecule has 0 radical (unpaired) electrons. The second-order valence-electron chi connectivity index (χ2n) is 4.21. The number of nitrogens with one attached hydrogen (secondary N) is 1. The molecule has 0 aliphatic carbocycles. The zero-order valence-corrected chi connectivity index (χ0v) is 9.75. The first-order chi connectivity index (χ1) is 6.75. The number of hydrogen-bond donors (Lipinski definition) is 1. The Labute approximate surface area is 87.8 Å². The van der Waals surface area contributed by atoms with Gasteiger partial charge in [-0.2, -0.15) is 0 Å². The van der Waals surface area contributed by atoms with Gasteiger partial charge in [0, 0.05) is 19.2 Å². The standard InChI is InChI=1S/C11H24N2O/c1-4-14-8-7-13(3)11-5-6-12-9-10(11)2/h10-12H,4-9H2,1-3H3. The normalized spacial score (nSPS) is 28.3. The van der Waals surface area contributed by atoms with Crippen LogP contribution < -0.4 is 5.32 Å². The van der Waals surface area contributed by atoms with E-state index in [1.165, 1.54) is 6.42 Å². The highest BCUT2D eigenvalue weighted by atomic mass is 16.5. The lowest BCUT2D eigenvalue weighted by molar-refractivity contribution is 0.0838. The molecule has 3 nitrogen and oxygen atoms in total. The van der Waals surface area contributed by atoms with Crippen molar-refractivity contribution in [2.75, 3.05) is 39.9 Å². The first-order valence-corrected chi connectivity index (χ1v) is 5.74. The smallest absolute Gasteiger partial charge is 0.0593 e. The van der Waals surface area contributed by atoms with Gasteiger partial charge in [0.15, 0.2) is 0 Å². The number of piperidine rings is 1. The van der Waals surface area contributed by atoms with Crippen LogP contribution in [0.2, 0.25) is 0 Å². The zero-order valence-electron chi connectivity index (χ0n) is 9.75. The Morgan fingerprint density at radius 3 is 2.93 bits per heavy atom. The number of nitrogens with zero attached hydrogens (tertiary/aromatic N) is 1. The lowest BCUT2D eigenvalue weighted by atomic mass is 9.94. The Bertz CT molecular complexity index is 152. The number of rotatable bonds is 5. The summed E-state index contributed by atoms with van der Waals surface area (Å²) in [5.74, 6) is 0.760. The molecule has 1 N–H and O–H groups in total. The Balaban J connectivity index is 2.23. The predicted molar refractivity (Wildman–Crippen MR) is 59.6 cm³/mol. The van der Waals surface area contributed by atoms with Crippen LogP contribution in [0.4, 0.5) is 0 Å². The molecule has 0 spiro atoms. The van der Waals surface area contributed by atoms with Gasteiger partial charge < -0.3 is 15.0 Å². The van der Waals surface area contributed by atoms with Crippen LogP contribution in [0, 0.1) is 5.92 Å². The predicted octanol–water partition coefficient (Wildman–Crippen LogP) is 0.953. The molecule has 0 aromatic carbocycles. The third-order valence-electron chi connectivity index (χ3n) is 3.10. The minimum Gasteiger partial charge on any atom is -0.380 e. The molecular formula is C11H24N2O. The van der Waals surface area contributed by atoms with Gasteiger partial charge in [0.05, 0.1) is 6.61 Å². The summed E-state index contributed by atoms with van der Waals surface area (Å²) < 4.78 is 5.37. The van der Waals surface area contributed by atoms with Gasteiger partial charge in [-0.3, -0.25) is 0 Å². The number of ether oxygens (including phenoxy) is 1. The number of hydrogen-bond acceptors (Lipinski definition) is 3. The van der Waals surface area contributed by atoms with Crippen LogP contribution in [-0.2, 0) is 4.74 Å². The van der Waals surface area contributed by atoms with E-state index >= 15 is 0 Å². The topological polar surface area (TPSA) is 24.5 Å². The molecule has 3 heteroatoms. The van der Waals surface area contributed by atoms with Crippen molar-refractivity contribution >= 4 is 0 Å². The molecule has 0 saturated carbocycles. The van der Waals surface area contributed by atoms with Crippen LogP contribution in [0.1, 0.15) is 20.3 Å². The molecule has 14 heavy (non-hydrogen) atoms. The Morgan fingerprint density at radius 1 is 1.50 bits per heavy atom. The summed E-state index contributed by atoms with van der Waals surface area (Å²) in [6, 6.07) is 0.733. The van der Waals surface area contributed by atoms with E-state index in [1.54, 1.807) is 0 Å². The molecule has 0 aromatic heterocycles. The maximum absolute atomic E-state index is 5.37. The quantitative estimate of drug-likeness (QED) is 0.669. The summed E-state index contributed by atoms with van der Waals surface area (Å²) in [7, 11) is 2.21. The first kappa shape index (κ1) is 12.0. The summed E-state index contributed by atoms with van der Waals surface area (Å²) in [4.78, 5) is 2.45. The van der Waals surface area contributed by atoms with Crippen LogP contribution in [-0.4, -0.2) is 50.8 Å². The van der Waals surface area contributed by atoms with Gasteiger partial charge >= 0.3 is 0 Å². The van der Waals surface area contributed by atoms with Crippen molar-refractivity contribution in [3.05, 3.63) is 0 Å². The maximum Gasteiger partial charge on any atom is 0.0593 e. The van der Waals surface area contributed by atoms with Crippen molar-refractivity contribution in [3.8, 4) is 0 Å². The molecule has 1 rings (SSSR count). The number of likely N-dealkylation sites (N-methyl/N-ethyl adjacent to an activating group) is 1. The lowest BCUT2D eigenvalue weighted by Gasteiger charge is -2.36. The van der Waals surface area contributed by atoms with Crippen molar-refractivity contribution in [1.82, 2.24) is 10.2 Å². The van der Waals surface area contributed by atoms with Crippen LogP contribution in [0.15, 0.2) is 0 Å². The van der Waals surface area contributed by atoms with Gasteiger partial charge in [-0.05, 0) is 39.4 Å². The molecule has 1 fully saturated rings. The van der Waals surface area contributed by atoms with Gasteiger partial charge in [-0.15, -0.1) is 0 Å². The third kappa shape index (κ3) is 3.56. The zero-order chi connectivity index (χ0) is 10.4. The second-order valence-corrected chi connectivity index (χ2v) is 4.21. The van der Waals surface area contributed by atoms with Crippen molar-refractivity contribution < 1.29 is 4.74 Å². The van der Waals surface area contributed by atoms with Crippen LogP contribution in [0.5, 0.6) is 0 Å². The molecule has 0 bridgehead atoms. The van der Waals surface area contributed by atoms with Gasteiger partial charge in [0.2, 0.25) is 0 Å². The average molecular weight is 200 g/mol. The van der Waals surface area contributed by atoms with E-state index in [2.05, 4.69) is 24.2 Å².